The van der Waals surface area contributed by atoms with E-state index in [1.54, 1.807) is 6.92 Å². The van der Waals surface area contributed by atoms with Crippen molar-refractivity contribution in [3.63, 3.8) is 0 Å². The molecule has 0 spiro atoms. The van der Waals surface area contributed by atoms with E-state index in [-0.39, 0.29) is 5.82 Å². The summed E-state index contributed by atoms with van der Waals surface area (Å²) < 4.78 is 36.4. The molecule has 0 radical (unpaired) electrons. The van der Waals surface area contributed by atoms with E-state index in [1.165, 1.54) is 0 Å². The van der Waals surface area contributed by atoms with Crippen LogP contribution >= 0.6 is 0 Å². The van der Waals surface area contributed by atoms with Gasteiger partial charge in [0.1, 0.15) is 5.82 Å². The van der Waals surface area contributed by atoms with E-state index in [0.29, 0.717) is 12.4 Å². The first-order chi connectivity index (χ1) is 6.82. The van der Waals surface area contributed by atoms with Gasteiger partial charge in [0.2, 0.25) is 0 Å². The molecule has 1 heterocycles. The van der Waals surface area contributed by atoms with E-state index in [2.05, 4.69) is 9.97 Å². The van der Waals surface area contributed by atoms with Gasteiger partial charge in [-0.15, -0.1) is 0 Å². The normalized spacial score (nSPS) is 16.1. The molecule has 84 valence electrons. The van der Waals surface area contributed by atoms with Crippen molar-refractivity contribution in [1.82, 2.24) is 9.97 Å². The first-order valence-electron chi connectivity index (χ1n) is 4.22. The third-order valence-corrected chi connectivity index (χ3v) is 1.86. The molecule has 0 amide bonds. The minimum Gasteiger partial charge on any atom is -0.326 e. The molecule has 0 saturated heterocycles. The van der Waals surface area contributed by atoms with Gasteiger partial charge < -0.3 is 11.5 Å². The fourth-order valence-corrected chi connectivity index (χ4v) is 0.892. The Labute approximate surface area is 84.5 Å². The highest BCUT2D eigenvalue weighted by molar-refractivity contribution is 5.11. The summed E-state index contributed by atoms with van der Waals surface area (Å²) in [4.78, 5) is 7.06. The van der Waals surface area contributed by atoms with Crippen molar-refractivity contribution in [1.29, 1.82) is 0 Å². The van der Waals surface area contributed by atoms with Crippen LogP contribution in [0, 0.1) is 0 Å². The van der Waals surface area contributed by atoms with Crippen molar-refractivity contribution in [3.8, 4) is 0 Å². The van der Waals surface area contributed by atoms with E-state index >= 15 is 0 Å². The van der Waals surface area contributed by atoms with Gasteiger partial charge in [-0.05, 0) is 6.92 Å². The summed E-state index contributed by atoms with van der Waals surface area (Å²) in [5, 5.41) is 0. The highest BCUT2D eigenvalue weighted by atomic mass is 19.4. The first kappa shape index (κ1) is 11.9. The monoisotopic (exact) mass is 220 g/mol. The topological polar surface area (TPSA) is 77.8 Å². The average Bonchev–Trinajstić information content (AvgIpc) is 2.15. The third kappa shape index (κ3) is 2.87. The molecule has 1 aromatic heterocycles. The second-order valence-corrected chi connectivity index (χ2v) is 3.21. The van der Waals surface area contributed by atoms with Crippen LogP contribution in [0.3, 0.4) is 0 Å². The molecule has 4 nitrogen and oxygen atoms in total. The molecular weight excluding hydrogens is 209 g/mol. The Morgan fingerprint density at radius 2 is 1.67 bits per heavy atom. The first-order valence-corrected chi connectivity index (χ1v) is 4.22. The zero-order valence-corrected chi connectivity index (χ0v) is 7.99. The minimum atomic E-state index is -4.43. The molecule has 0 aliphatic heterocycles. The second kappa shape index (κ2) is 4.11. The van der Waals surface area contributed by atoms with E-state index in [0.717, 1.165) is 0 Å². The number of nitrogens with zero attached hydrogens (tertiary/aromatic N) is 2. The van der Waals surface area contributed by atoms with E-state index < -0.39 is 23.8 Å². The Balaban J connectivity index is 2.91. The van der Waals surface area contributed by atoms with Crippen LogP contribution in [-0.2, 0) is 6.18 Å². The lowest BCUT2D eigenvalue weighted by atomic mass is 10.1. The zero-order valence-electron chi connectivity index (χ0n) is 7.99. The van der Waals surface area contributed by atoms with Crippen molar-refractivity contribution in [2.24, 2.45) is 11.5 Å². The molecule has 0 saturated carbocycles. The molecule has 0 fully saturated rings. The number of alkyl halides is 3. The van der Waals surface area contributed by atoms with Crippen LogP contribution < -0.4 is 11.5 Å². The standard InChI is InChI=1S/C8H11F3N4/c1-4(12)6(13)7-14-2-5(3-15-7)8(9,10)11/h2-4,6H,12-13H2,1H3. The Bertz CT molecular complexity index is 320. The van der Waals surface area contributed by atoms with Crippen molar-refractivity contribution in [2.45, 2.75) is 25.2 Å². The smallest absolute Gasteiger partial charge is 0.326 e. The van der Waals surface area contributed by atoms with E-state index in [1.807, 2.05) is 0 Å². The van der Waals surface area contributed by atoms with Gasteiger partial charge >= 0.3 is 6.18 Å². The molecule has 0 aliphatic carbocycles. The Morgan fingerprint density at radius 1 is 1.20 bits per heavy atom. The summed E-state index contributed by atoms with van der Waals surface area (Å²) >= 11 is 0. The van der Waals surface area contributed by atoms with Gasteiger partial charge in [-0.1, -0.05) is 0 Å². The second-order valence-electron chi connectivity index (χ2n) is 3.21. The number of halogens is 3. The van der Waals surface area contributed by atoms with Gasteiger partial charge in [0.15, 0.2) is 0 Å². The molecule has 4 N–H and O–H groups in total. The quantitative estimate of drug-likeness (QED) is 0.774. The van der Waals surface area contributed by atoms with Crippen LogP contribution in [0.1, 0.15) is 24.4 Å². The van der Waals surface area contributed by atoms with Crippen molar-refractivity contribution in [2.75, 3.05) is 0 Å². The zero-order chi connectivity index (χ0) is 11.6. The summed E-state index contributed by atoms with van der Waals surface area (Å²) in [5.41, 5.74) is 10.1. The number of aromatic nitrogens is 2. The third-order valence-electron chi connectivity index (χ3n) is 1.86. The highest BCUT2D eigenvalue weighted by Crippen LogP contribution is 2.28. The molecule has 0 aliphatic rings. The minimum absolute atomic E-state index is 0.109. The summed E-state index contributed by atoms with van der Waals surface area (Å²) in [6.07, 6.45) is -3.04. The molecule has 0 bridgehead atoms. The summed E-state index contributed by atoms with van der Waals surface area (Å²) in [7, 11) is 0. The number of nitrogens with two attached hydrogens (primary N) is 2. The lowest BCUT2D eigenvalue weighted by Gasteiger charge is -2.14. The lowest BCUT2D eigenvalue weighted by molar-refractivity contribution is -0.138. The molecule has 7 heteroatoms. The Kier molecular flexibility index (Phi) is 3.25. The molecule has 2 atom stereocenters. The Morgan fingerprint density at radius 3 is 2.00 bits per heavy atom. The summed E-state index contributed by atoms with van der Waals surface area (Å²) in [6.45, 7) is 1.63. The maximum absolute atomic E-state index is 12.1. The molecule has 1 rings (SSSR count). The van der Waals surface area contributed by atoms with Crippen molar-refractivity contribution in [3.05, 3.63) is 23.8 Å². The molecule has 0 aromatic carbocycles. The maximum Gasteiger partial charge on any atom is 0.419 e. The number of rotatable bonds is 2. The molecule has 15 heavy (non-hydrogen) atoms. The molecular formula is C8H11F3N4. The average molecular weight is 220 g/mol. The van der Waals surface area contributed by atoms with Crippen LogP contribution in [0.4, 0.5) is 13.2 Å². The fraction of sp³-hybridized carbons (Fsp3) is 0.500. The summed E-state index contributed by atoms with van der Waals surface area (Å²) in [6, 6.07) is -1.07. The highest BCUT2D eigenvalue weighted by Gasteiger charge is 2.31. The van der Waals surface area contributed by atoms with Gasteiger partial charge in [-0.2, -0.15) is 13.2 Å². The van der Waals surface area contributed by atoms with Crippen molar-refractivity contribution < 1.29 is 13.2 Å². The van der Waals surface area contributed by atoms with Gasteiger partial charge in [-0.3, -0.25) is 0 Å². The fourth-order valence-electron chi connectivity index (χ4n) is 0.892. The predicted molar refractivity (Wildman–Crippen MR) is 47.6 cm³/mol. The van der Waals surface area contributed by atoms with Crippen LogP contribution in [0.5, 0.6) is 0 Å². The van der Waals surface area contributed by atoms with Crippen LogP contribution in [0.15, 0.2) is 12.4 Å². The van der Waals surface area contributed by atoms with E-state index in [9.17, 15) is 13.2 Å². The predicted octanol–water partition coefficient (Wildman–Crippen LogP) is 0.842. The molecule has 2 unspecified atom stereocenters. The Hall–Kier alpha value is -1.21. The van der Waals surface area contributed by atoms with Gasteiger partial charge in [0, 0.05) is 18.4 Å². The van der Waals surface area contributed by atoms with Crippen molar-refractivity contribution >= 4 is 0 Å². The van der Waals surface area contributed by atoms with Crippen LogP contribution in [0.2, 0.25) is 0 Å². The van der Waals surface area contributed by atoms with Gasteiger partial charge in [0.25, 0.3) is 0 Å². The lowest BCUT2D eigenvalue weighted by Crippen LogP contribution is -2.32. The van der Waals surface area contributed by atoms with Gasteiger partial charge in [-0.25, -0.2) is 9.97 Å². The SMILES string of the molecule is CC(N)C(N)c1ncc(C(F)(F)F)cn1. The number of hydrogen-bond acceptors (Lipinski definition) is 4. The van der Waals surface area contributed by atoms with Crippen LogP contribution in [0.25, 0.3) is 0 Å². The number of hydrogen-bond donors (Lipinski definition) is 2. The van der Waals surface area contributed by atoms with Crippen LogP contribution in [-0.4, -0.2) is 16.0 Å². The van der Waals surface area contributed by atoms with Gasteiger partial charge in [0.05, 0.1) is 11.6 Å². The molecule has 1 aromatic rings. The summed E-state index contributed by atoms with van der Waals surface area (Å²) in [5.74, 6) is 0.109. The van der Waals surface area contributed by atoms with E-state index in [4.69, 9.17) is 11.5 Å². The largest absolute Gasteiger partial charge is 0.419 e. The maximum atomic E-state index is 12.1.